The molecule has 0 bridgehead atoms. The third-order valence-electron chi connectivity index (χ3n) is 2.79. The SMILES string of the molecule is Cc1cc(C)cc(C(N)c2cc(Br)c(C)s2)c1. The molecule has 0 saturated heterocycles. The molecule has 2 aromatic rings. The van der Waals surface area contributed by atoms with Crippen molar-refractivity contribution in [1.29, 1.82) is 0 Å². The summed E-state index contributed by atoms with van der Waals surface area (Å²) in [6, 6.07) is 8.61. The van der Waals surface area contributed by atoms with Crippen molar-refractivity contribution in [2.75, 3.05) is 0 Å². The monoisotopic (exact) mass is 309 g/mol. The molecule has 3 heteroatoms. The summed E-state index contributed by atoms with van der Waals surface area (Å²) in [5, 5.41) is 0. The van der Waals surface area contributed by atoms with Crippen LogP contribution in [0, 0.1) is 20.8 Å². The van der Waals surface area contributed by atoms with E-state index in [9.17, 15) is 0 Å². The van der Waals surface area contributed by atoms with Gasteiger partial charge in [0, 0.05) is 14.2 Å². The van der Waals surface area contributed by atoms with Crippen LogP contribution in [0.4, 0.5) is 0 Å². The van der Waals surface area contributed by atoms with Crippen molar-refractivity contribution in [3.05, 3.63) is 55.2 Å². The van der Waals surface area contributed by atoms with Crippen LogP contribution in [0.15, 0.2) is 28.7 Å². The van der Waals surface area contributed by atoms with E-state index in [4.69, 9.17) is 5.73 Å². The summed E-state index contributed by atoms with van der Waals surface area (Å²) in [6.45, 7) is 6.32. The van der Waals surface area contributed by atoms with Crippen molar-refractivity contribution < 1.29 is 0 Å². The molecule has 0 aliphatic rings. The second-order valence-electron chi connectivity index (χ2n) is 4.45. The molecule has 0 amide bonds. The van der Waals surface area contributed by atoms with Gasteiger partial charge in [-0.05, 0) is 48.3 Å². The Labute approximate surface area is 115 Å². The molecule has 0 aliphatic carbocycles. The van der Waals surface area contributed by atoms with Gasteiger partial charge in [0.1, 0.15) is 0 Å². The number of benzene rings is 1. The van der Waals surface area contributed by atoms with Gasteiger partial charge in [-0.15, -0.1) is 11.3 Å². The Morgan fingerprint density at radius 1 is 1.06 bits per heavy atom. The minimum atomic E-state index is -0.0244. The van der Waals surface area contributed by atoms with E-state index in [1.165, 1.54) is 26.4 Å². The lowest BCUT2D eigenvalue weighted by molar-refractivity contribution is 0.889. The van der Waals surface area contributed by atoms with Crippen molar-refractivity contribution in [1.82, 2.24) is 0 Å². The van der Waals surface area contributed by atoms with Crippen LogP contribution in [0.1, 0.15) is 32.5 Å². The van der Waals surface area contributed by atoms with E-state index in [-0.39, 0.29) is 6.04 Å². The number of aryl methyl sites for hydroxylation is 3. The van der Waals surface area contributed by atoms with E-state index in [1.54, 1.807) is 11.3 Å². The molecule has 0 spiro atoms. The number of halogens is 1. The Morgan fingerprint density at radius 2 is 1.65 bits per heavy atom. The Balaban J connectivity index is 2.39. The van der Waals surface area contributed by atoms with Gasteiger partial charge in [-0.3, -0.25) is 0 Å². The van der Waals surface area contributed by atoms with Crippen molar-refractivity contribution in [3.63, 3.8) is 0 Å². The number of nitrogens with two attached hydrogens (primary N) is 1. The maximum absolute atomic E-state index is 6.33. The minimum Gasteiger partial charge on any atom is -0.320 e. The first kappa shape index (κ1) is 12.8. The zero-order valence-electron chi connectivity index (χ0n) is 10.3. The summed E-state index contributed by atoms with van der Waals surface area (Å²) in [6.07, 6.45) is 0. The fourth-order valence-electron chi connectivity index (χ4n) is 1.99. The molecule has 1 atom stereocenters. The van der Waals surface area contributed by atoms with Gasteiger partial charge in [0.2, 0.25) is 0 Å². The van der Waals surface area contributed by atoms with Crippen molar-refractivity contribution in [2.45, 2.75) is 26.8 Å². The highest BCUT2D eigenvalue weighted by atomic mass is 79.9. The molecule has 1 unspecified atom stereocenters. The number of rotatable bonds is 2. The highest BCUT2D eigenvalue weighted by Gasteiger charge is 2.13. The first-order chi connectivity index (χ1) is 7.97. The maximum Gasteiger partial charge on any atom is 0.0646 e. The van der Waals surface area contributed by atoms with Gasteiger partial charge in [0.25, 0.3) is 0 Å². The van der Waals surface area contributed by atoms with Crippen LogP contribution in [0.2, 0.25) is 0 Å². The summed E-state index contributed by atoms with van der Waals surface area (Å²) in [5.74, 6) is 0. The molecule has 2 N–H and O–H groups in total. The third kappa shape index (κ3) is 2.79. The van der Waals surface area contributed by atoms with E-state index in [0.717, 1.165) is 4.47 Å². The Kier molecular flexibility index (Phi) is 3.71. The van der Waals surface area contributed by atoms with Gasteiger partial charge in [-0.2, -0.15) is 0 Å². The molecule has 2 rings (SSSR count). The van der Waals surface area contributed by atoms with Crippen LogP contribution in [-0.4, -0.2) is 0 Å². The predicted molar refractivity (Wildman–Crippen MR) is 78.7 cm³/mol. The average Bonchev–Trinajstić information content (AvgIpc) is 2.57. The molecule has 0 fully saturated rings. The van der Waals surface area contributed by atoms with Crippen LogP contribution < -0.4 is 5.73 Å². The highest BCUT2D eigenvalue weighted by molar-refractivity contribution is 9.10. The molecule has 0 saturated carbocycles. The van der Waals surface area contributed by atoms with Gasteiger partial charge >= 0.3 is 0 Å². The molecule has 1 aromatic heterocycles. The third-order valence-corrected chi connectivity index (χ3v) is 5.01. The lowest BCUT2D eigenvalue weighted by Crippen LogP contribution is -2.10. The molecule has 17 heavy (non-hydrogen) atoms. The highest BCUT2D eigenvalue weighted by Crippen LogP contribution is 2.32. The van der Waals surface area contributed by atoms with Gasteiger partial charge < -0.3 is 5.73 Å². The normalized spacial score (nSPS) is 12.8. The zero-order chi connectivity index (χ0) is 12.6. The molecular weight excluding hydrogens is 294 g/mol. The van der Waals surface area contributed by atoms with Crippen LogP contribution in [-0.2, 0) is 0 Å². The van der Waals surface area contributed by atoms with Gasteiger partial charge in [0.15, 0.2) is 0 Å². The Bertz CT molecular complexity index is 505. The number of thiophene rings is 1. The maximum atomic E-state index is 6.33. The average molecular weight is 310 g/mol. The summed E-state index contributed by atoms with van der Waals surface area (Å²) >= 11 is 5.30. The summed E-state index contributed by atoms with van der Waals surface area (Å²) < 4.78 is 1.15. The topological polar surface area (TPSA) is 26.0 Å². The van der Waals surface area contributed by atoms with E-state index < -0.39 is 0 Å². The predicted octanol–water partition coefficient (Wildman–Crippen LogP) is 4.48. The lowest BCUT2D eigenvalue weighted by atomic mass is 10.0. The standard InChI is InChI=1S/C14H16BrNS/c1-8-4-9(2)6-11(5-8)14(16)13-7-12(15)10(3)17-13/h4-7,14H,16H2,1-3H3. The molecule has 90 valence electrons. The number of hydrogen-bond acceptors (Lipinski definition) is 2. The molecule has 1 heterocycles. The van der Waals surface area contributed by atoms with Crippen LogP contribution in [0.25, 0.3) is 0 Å². The van der Waals surface area contributed by atoms with E-state index in [1.807, 2.05) is 0 Å². The van der Waals surface area contributed by atoms with E-state index in [0.29, 0.717) is 0 Å². The van der Waals surface area contributed by atoms with E-state index >= 15 is 0 Å². The first-order valence-electron chi connectivity index (χ1n) is 5.57. The summed E-state index contributed by atoms with van der Waals surface area (Å²) in [4.78, 5) is 2.49. The second kappa shape index (κ2) is 4.92. The zero-order valence-corrected chi connectivity index (χ0v) is 12.7. The lowest BCUT2D eigenvalue weighted by Gasteiger charge is -2.12. The Hall–Kier alpha value is -0.640. The molecule has 0 radical (unpaired) electrons. The van der Waals surface area contributed by atoms with Gasteiger partial charge in [-0.1, -0.05) is 29.3 Å². The molecule has 1 nitrogen and oxygen atoms in total. The number of hydrogen-bond donors (Lipinski definition) is 1. The van der Waals surface area contributed by atoms with Crippen molar-refractivity contribution in [3.8, 4) is 0 Å². The smallest absolute Gasteiger partial charge is 0.0646 e. The van der Waals surface area contributed by atoms with E-state index in [2.05, 4.69) is 61.0 Å². The Morgan fingerprint density at radius 3 is 2.12 bits per heavy atom. The van der Waals surface area contributed by atoms with Gasteiger partial charge in [-0.25, -0.2) is 0 Å². The first-order valence-corrected chi connectivity index (χ1v) is 7.18. The second-order valence-corrected chi connectivity index (χ2v) is 6.59. The quantitative estimate of drug-likeness (QED) is 0.869. The summed E-state index contributed by atoms with van der Waals surface area (Å²) in [5.41, 5.74) is 10.0. The molecular formula is C14H16BrNS. The van der Waals surface area contributed by atoms with Crippen LogP contribution in [0.3, 0.4) is 0 Å². The molecule has 0 aliphatic heterocycles. The summed E-state index contributed by atoms with van der Waals surface area (Å²) in [7, 11) is 0. The van der Waals surface area contributed by atoms with Gasteiger partial charge in [0.05, 0.1) is 6.04 Å². The minimum absolute atomic E-state index is 0.0244. The largest absolute Gasteiger partial charge is 0.320 e. The van der Waals surface area contributed by atoms with Crippen molar-refractivity contribution in [2.24, 2.45) is 5.73 Å². The van der Waals surface area contributed by atoms with Crippen molar-refractivity contribution >= 4 is 27.3 Å². The molecule has 1 aromatic carbocycles. The van der Waals surface area contributed by atoms with Crippen LogP contribution in [0.5, 0.6) is 0 Å². The van der Waals surface area contributed by atoms with Crippen LogP contribution >= 0.6 is 27.3 Å². The fourth-order valence-corrected chi connectivity index (χ4v) is 3.58. The fraction of sp³-hybridized carbons (Fsp3) is 0.286.